The zero-order valence-corrected chi connectivity index (χ0v) is 17.0. The quantitative estimate of drug-likeness (QED) is 0.844. The van der Waals surface area contributed by atoms with E-state index in [2.05, 4.69) is 79.5 Å². The van der Waals surface area contributed by atoms with Gasteiger partial charge in [0.2, 0.25) is 0 Å². The molecule has 2 aromatic rings. The minimum absolute atomic E-state index is 0.145. The molecule has 0 spiro atoms. The van der Waals surface area contributed by atoms with Gasteiger partial charge < -0.3 is 10.1 Å². The molecule has 0 radical (unpaired) electrons. The van der Waals surface area contributed by atoms with Gasteiger partial charge in [0.15, 0.2) is 0 Å². The summed E-state index contributed by atoms with van der Waals surface area (Å²) in [7, 11) is 1.77. The third-order valence-corrected chi connectivity index (χ3v) is 6.31. The zero-order valence-electron chi connectivity index (χ0n) is 17.0. The van der Waals surface area contributed by atoms with Crippen LogP contribution in [-0.4, -0.2) is 31.1 Å². The first-order valence-electron chi connectivity index (χ1n) is 10.2. The molecule has 2 heterocycles. The van der Waals surface area contributed by atoms with Crippen LogP contribution in [0.4, 0.5) is 0 Å². The van der Waals surface area contributed by atoms with Crippen LogP contribution in [0.5, 0.6) is 5.75 Å². The number of benzene rings is 2. The van der Waals surface area contributed by atoms with Crippen LogP contribution in [0.1, 0.15) is 49.9 Å². The second-order valence-corrected chi connectivity index (χ2v) is 9.08. The van der Waals surface area contributed by atoms with Crippen molar-refractivity contribution in [1.82, 2.24) is 10.2 Å². The number of piperidine rings is 1. The van der Waals surface area contributed by atoms with Gasteiger partial charge in [0.25, 0.3) is 0 Å². The predicted octanol–water partition coefficient (Wildman–Crippen LogP) is 4.53. The number of hydrogen-bond acceptors (Lipinski definition) is 3. The van der Waals surface area contributed by atoms with Gasteiger partial charge in [0.1, 0.15) is 5.75 Å². The molecular formula is C24H32N2O. The maximum atomic E-state index is 5.65. The molecule has 2 saturated heterocycles. The monoisotopic (exact) mass is 364 g/mol. The second-order valence-electron chi connectivity index (χ2n) is 9.08. The molecular weight excluding hydrogens is 332 g/mol. The topological polar surface area (TPSA) is 24.5 Å². The van der Waals surface area contributed by atoms with Crippen LogP contribution >= 0.6 is 0 Å². The standard InChI is InChI=1S/C24H32N2O/c1-24(2,3)20-10-11-21(27-4)19(14-20)15-25-22-18-12-13-26(16-18)23(22)17-8-6-5-7-9-17/h5-11,14,18,22-23,25H,12-13,15-16H2,1-4H3. The summed E-state index contributed by atoms with van der Waals surface area (Å²) < 4.78 is 5.65. The molecule has 1 N–H and O–H groups in total. The van der Waals surface area contributed by atoms with E-state index in [0.29, 0.717) is 12.1 Å². The zero-order chi connectivity index (χ0) is 19.0. The summed E-state index contributed by atoms with van der Waals surface area (Å²) in [6, 6.07) is 18.6. The Bertz CT molecular complexity index is 781. The van der Waals surface area contributed by atoms with Crippen LogP contribution in [0, 0.1) is 5.92 Å². The number of rotatable bonds is 5. The largest absolute Gasteiger partial charge is 0.496 e. The van der Waals surface area contributed by atoms with Crippen molar-refractivity contribution in [2.75, 3.05) is 20.2 Å². The fourth-order valence-electron chi connectivity index (χ4n) is 4.80. The number of ether oxygens (including phenoxy) is 1. The summed E-state index contributed by atoms with van der Waals surface area (Å²) in [5, 5.41) is 3.91. The van der Waals surface area contributed by atoms with Gasteiger partial charge in [-0.05, 0) is 41.5 Å². The highest BCUT2D eigenvalue weighted by molar-refractivity contribution is 5.40. The Morgan fingerprint density at radius 3 is 2.59 bits per heavy atom. The number of nitrogens with one attached hydrogen (secondary N) is 1. The van der Waals surface area contributed by atoms with Crippen LogP contribution in [0.15, 0.2) is 48.5 Å². The van der Waals surface area contributed by atoms with Crippen molar-refractivity contribution in [3.05, 3.63) is 65.2 Å². The second kappa shape index (κ2) is 7.29. The van der Waals surface area contributed by atoms with Crippen LogP contribution in [0.25, 0.3) is 0 Å². The van der Waals surface area contributed by atoms with Crippen LogP contribution in [0.3, 0.4) is 0 Å². The molecule has 3 heteroatoms. The number of hydrogen-bond donors (Lipinski definition) is 1. The van der Waals surface area contributed by atoms with Crippen molar-refractivity contribution in [1.29, 1.82) is 0 Å². The fourth-order valence-corrected chi connectivity index (χ4v) is 4.80. The molecule has 2 aliphatic heterocycles. The molecule has 4 unspecified atom stereocenters. The lowest BCUT2D eigenvalue weighted by Gasteiger charge is -2.33. The molecule has 0 amide bonds. The van der Waals surface area contributed by atoms with Gasteiger partial charge in [-0.15, -0.1) is 0 Å². The average Bonchev–Trinajstić information content (AvgIpc) is 3.27. The number of fused-ring (bicyclic) bond motifs is 2. The van der Waals surface area contributed by atoms with Crippen LogP contribution < -0.4 is 10.1 Å². The number of methoxy groups -OCH3 is 1. The van der Waals surface area contributed by atoms with E-state index in [1.807, 2.05) is 0 Å². The minimum Gasteiger partial charge on any atom is -0.496 e. The van der Waals surface area contributed by atoms with E-state index in [1.165, 1.54) is 36.2 Å². The summed E-state index contributed by atoms with van der Waals surface area (Å²) >= 11 is 0. The molecule has 144 valence electrons. The molecule has 0 aromatic heterocycles. The highest BCUT2D eigenvalue weighted by Crippen LogP contribution is 2.42. The van der Waals surface area contributed by atoms with Gasteiger partial charge in [-0.25, -0.2) is 0 Å². The normalized spacial score (nSPS) is 27.1. The molecule has 0 saturated carbocycles. The molecule has 2 bridgehead atoms. The first kappa shape index (κ1) is 18.5. The highest BCUT2D eigenvalue weighted by atomic mass is 16.5. The van der Waals surface area contributed by atoms with Crippen molar-refractivity contribution in [2.45, 2.75) is 51.2 Å². The maximum Gasteiger partial charge on any atom is 0.123 e. The van der Waals surface area contributed by atoms with E-state index in [9.17, 15) is 0 Å². The fraction of sp³-hybridized carbons (Fsp3) is 0.500. The van der Waals surface area contributed by atoms with Gasteiger partial charge in [-0.2, -0.15) is 0 Å². The van der Waals surface area contributed by atoms with E-state index < -0.39 is 0 Å². The summed E-state index contributed by atoms with van der Waals surface area (Å²) in [6.07, 6.45) is 1.31. The third-order valence-electron chi connectivity index (χ3n) is 6.31. The van der Waals surface area contributed by atoms with Gasteiger partial charge >= 0.3 is 0 Å². The van der Waals surface area contributed by atoms with Crippen molar-refractivity contribution in [3.63, 3.8) is 0 Å². The Morgan fingerprint density at radius 2 is 1.89 bits per heavy atom. The summed E-state index contributed by atoms with van der Waals surface area (Å²) in [4.78, 5) is 2.65. The lowest BCUT2D eigenvalue weighted by molar-refractivity contribution is 0.217. The van der Waals surface area contributed by atoms with Crippen LogP contribution in [0.2, 0.25) is 0 Å². The first-order chi connectivity index (χ1) is 13.0. The highest BCUT2D eigenvalue weighted by Gasteiger charge is 2.46. The Labute approximate surface area is 163 Å². The summed E-state index contributed by atoms with van der Waals surface area (Å²) in [6.45, 7) is 10.1. The van der Waals surface area contributed by atoms with Gasteiger partial charge in [0, 0.05) is 24.7 Å². The lowest BCUT2D eigenvalue weighted by atomic mass is 9.85. The molecule has 27 heavy (non-hydrogen) atoms. The Hall–Kier alpha value is -1.84. The molecule has 2 aliphatic rings. The molecule has 2 fully saturated rings. The Kier molecular flexibility index (Phi) is 5.00. The molecule has 4 rings (SSSR count). The summed E-state index contributed by atoms with van der Waals surface area (Å²) in [5.74, 6) is 1.72. The Balaban J connectivity index is 1.55. The predicted molar refractivity (Wildman–Crippen MR) is 111 cm³/mol. The first-order valence-corrected chi connectivity index (χ1v) is 10.2. The van der Waals surface area contributed by atoms with Gasteiger partial charge in [0.05, 0.1) is 13.2 Å². The average molecular weight is 365 g/mol. The SMILES string of the molecule is COc1ccc(C(C)(C)C)cc1CNC1C2CCN(C2)C1c1ccccc1. The van der Waals surface area contributed by atoms with E-state index in [-0.39, 0.29) is 5.41 Å². The van der Waals surface area contributed by atoms with E-state index in [4.69, 9.17) is 4.74 Å². The third kappa shape index (κ3) is 3.63. The van der Waals surface area contributed by atoms with Gasteiger partial charge in [-0.3, -0.25) is 4.90 Å². The molecule has 0 aliphatic carbocycles. The summed E-state index contributed by atoms with van der Waals surface area (Å²) in [5.41, 5.74) is 4.20. The Morgan fingerprint density at radius 1 is 1.11 bits per heavy atom. The van der Waals surface area contributed by atoms with Crippen molar-refractivity contribution < 1.29 is 4.74 Å². The molecule has 2 aromatic carbocycles. The van der Waals surface area contributed by atoms with E-state index in [0.717, 1.165) is 18.2 Å². The van der Waals surface area contributed by atoms with Crippen molar-refractivity contribution >= 4 is 0 Å². The van der Waals surface area contributed by atoms with Gasteiger partial charge in [-0.1, -0.05) is 63.2 Å². The lowest BCUT2D eigenvalue weighted by Crippen LogP contribution is -2.42. The minimum atomic E-state index is 0.145. The van der Waals surface area contributed by atoms with Crippen molar-refractivity contribution in [2.24, 2.45) is 5.92 Å². The molecule has 4 atom stereocenters. The van der Waals surface area contributed by atoms with Crippen molar-refractivity contribution in [3.8, 4) is 5.75 Å². The van der Waals surface area contributed by atoms with E-state index in [1.54, 1.807) is 7.11 Å². The number of nitrogens with zero attached hydrogens (tertiary/aromatic N) is 1. The molecule has 3 nitrogen and oxygen atoms in total. The van der Waals surface area contributed by atoms with E-state index >= 15 is 0 Å². The van der Waals surface area contributed by atoms with Crippen LogP contribution in [-0.2, 0) is 12.0 Å². The maximum absolute atomic E-state index is 5.65. The smallest absolute Gasteiger partial charge is 0.123 e.